The van der Waals surface area contributed by atoms with Gasteiger partial charge >= 0.3 is 0 Å². The van der Waals surface area contributed by atoms with Crippen molar-refractivity contribution in [1.82, 2.24) is 0 Å². The van der Waals surface area contributed by atoms with E-state index in [-0.39, 0.29) is 13.4 Å². The molecule has 0 amide bonds. The highest BCUT2D eigenvalue weighted by molar-refractivity contribution is 8.00. The fraction of sp³-hybridized carbons (Fsp3) is 0.0625. The molecule has 6 heterocycles. The zero-order valence-corrected chi connectivity index (χ0v) is 43.3. The number of hydrogen-bond acceptors (Lipinski definition) is 6. The molecule has 0 aromatic heterocycles. The molecule has 0 fully saturated rings. The van der Waals surface area contributed by atoms with Gasteiger partial charge in [-0.2, -0.15) is 0 Å². The first kappa shape index (κ1) is 42.0. The van der Waals surface area contributed by atoms with E-state index < -0.39 is 8.07 Å². The van der Waals surface area contributed by atoms with Gasteiger partial charge in [0.25, 0.3) is 13.4 Å². The van der Waals surface area contributed by atoms with Crippen molar-refractivity contribution in [3.63, 3.8) is 0 Å². The highest BCUT2D eigenvalue weighted by Crippen LogP contribution is 2.49. The minimum atomic E-state index is -3.17. The number of rotatable bonds is 2. The van der Waals surface area contributed by atoms with Crippen LogP contribution in [0.5, 0.6) is 23.0 Å². The van der Waals surface area contributed by atoms with E-state index >= 15 is 0 Å². The molecular weight excluding hydrogens is 943 g/mol. The number of para-hydroxylation sites is 2. The largest absolute Gasteiger partial charge is 0.458 e. The Morgan fingerprint density at radius 2 is 0.685 bits per heavy atom. The zero-order chi connectivity index (χ0) is 48.4. The number of benzene rings is 10. The third kappa shape index (κ3) is 5.78. The van der Waals surface area contributed by atoms with Gasteiger partial charge in [0.1, 0.15) is 23.0 Å². The first-order valence-corrected chi connectivity index (χ1v) is 28.9. The summed E-state index contributed by atoms with van der Waals surface area (Å²) in [6.07, 6.45) is 0. The fourth-order valence-electron chi connectivity index (χ4n) is 13.3. The Labute approximate surface area is 435 Å². The molecular formula is C64H44B2N2O2S2Si. The summed E-state index contributed by atoms with van der Waals surface area (Å²) < 4.78 is 14.0. The van der Waals surface area contributed by atoms with Crippen molar-refractivity contribution in [1.29, 1.82) is 0 Å². The maximum absolute atomic E-state index is 7.02. The first-order valence-electron chi connectivity index (χ1n) is 25.3. The Morgan fingerprint density at radius 1 is 0.342 bits per heavy atom. The Balaban J connectivity index is 0.939. The lowest BCUT2D eigenvalue weighted by atomic mass is 9.35. The molecule has 9 heteroatoms. The van der Waals surface area contributed by atoms with Crippen molar-refractivity contribution in [3.05, 3.63) is 216 Å². The molecule has 10 aromatic rings. The SMILES string of the molecule is Cc1ccc2c(c1)[Si]1(c3cc(C)ccc3N2c2cc3c4c(c2)Sc2ccccc2B4c2ccccc2O3)c2cc(C)ccc2N(c2cc3c4c(c2)Sc2ccccc2B4c2ccccc2O3)c2ccc(C)cc21. The molecule has 344 valence electrons. The van der Waals surface area contributed by atoms with Crippen LogP contribution < -0.4 is 72.8 Å². The van der Waals surface area contributed by atoms with Crippen LogP contribution in [-0.2, 0) is 0 Å². The van der Waals surface area contributed by atoms with Crippen LogP contribution in [0.1, 0.15) is 22.3 Å². The number of nitrogens with zero attached hydrogens (tertiary/aromatic N) is 2. The first-order chi connectivity index (χ1) is 35.8. The predicted molar refractivity (Wildman–Crippen MR) is 309 cm³/mol. The second kappa shape index (κ2) is 15.2. The maximum Gasteiger partial charge on any atom is 0.253 e. The van der Waals surface area contributed by atoms with E-state index in [1.165, 1.54) is 118 Å². The van der Waals surface area contributed by atoms with Gasteiger partial charge in [-0.25, -0.2) is 0 Å². The van der Waals surface area contributed by atoms with Gasteiger partial charge in [-0.15, -0.1) is 0 Å². The highest BCUT2D eigenvalue weighted by Gasteiger charge is 2.55. The lowest BCUT2D eigenvalue weighted by Gasteiger charge is -2.50. The topological polar surface area (TPSA) is 24.9 Å². The van der Waals surface area contributed by atoms with Gasteiger partial charge in [0.2, 0.25) is 0 Å². The standard InChI is InChI=1S/C64H44B2N2O2S2Si/c1-37-21-25-47-59(29-37)73(60-30-38(2)22-26-48(60)67(47)41-33-53-63-57(35-41)71-55-19-11-7-15-45(55)65(63)43-13-5-9-17-51(43)69-53)61-31-39(3)23-27-49(61)68(50-28-24-40(4)32-62(50)73)42-34-54-64-58(36-42)72-56-20-12-8-16-46(56)66(64)44-14-6-10-18-52(44)70-54/h5-36H,1-4H3. The van der Waals surface area contributed by atoms with Gasteiger partial charge in [-0.3, -0.25) is 0 Å². The molecule has 0 aliphatic carbocycles. The summed E-state index contributed by atoms with van der Waals surface area (Å²) in [6, 6.07) is 73.6. The summed E-state index contributed by atoms with van der Waals surface area (Å²) in [6.45, 7) is 9.27. The third-order valence-corrected chi connectivity index (χ3v) is 23.4. The van der Waals surface area contributed by atoms with Crippen molar-refractivity contribution in [3.8, 4) is 23.0 Å². The van der Waals surface area contributed by atoms with Crippen molar-refractivity contribution in [2.45, 2.75) is 47.3 Å². The minimum absolute atomic E-state index is 0.0975. The van der Waals surface area contributed by atoms with Gasteiger partial charge in [0, 0.05) is 54.5 Å². The minimum Gasteiger partial charge on any atom is -0.458 e. The van der Waals surface area contributed by atoms with Crippen LogP contribution in [-0.4, -0.2) is 21.5 Å². The van der Waals surface area contributed by atoms with Crippen LogP contribution in [0.25, 0.3) is 0 Å². The summed E-state index contributed by atoms with van der Waals surface area (Å²) in [7, 11) is -3.17. The third-order valence-electron chi connectivity index (χ3n) is 16.3. The average molecular weight is 987 g/mol. The predicted octanol–water partition coefficient (Wildman–Crippen LogP) is 10.0. The number of fused-ring (bicyclic) bond motifs is 16. The Hall–Kier alpha value is -7.55. The van der Waals surface area contributed by atoms with Crippen LogP contribution in [0, 0.1) is 27.7 Å². The molecule has 6 aliphatic rings. The van der Waals surface area contributed by atoms with Crippen LogP contribution in [0.4, 0.5) is 34.1 Å². The monoisotopic (exact) mass is 986 g/mol. The van der Waals surface area contributed by atoms with Crippen molar-refractivity contribution < 1.29 is 9.47 Å². The Kier molecular flexibility index (Phi) is 8.77. The second-order valence-corrected chi connectivity index (χ2v) is 26.5. The fourth-order valence-corrected chi connectivity index (χ4v) is 21.5. The summed E-state index contributed by atoms with van der Waals surface area (Å²) in [5, 5.41) is 5.58. The van der Waals surface area contributed by atoms with E-state index in [0.29, 0.717) is 0 Å². The molecule has 4 nitrogen and oxygen atoms in total. The van der Waals surface area contributed by atoms with Crippen LogP contribution in [0.15, 0.2) is 214 Å². The molecule has 0 radical (unpaired) electrons. The van der Waals surface area contributed by atoms with Crippen LogP contribution in [0.3, 0.4) is 0 Å². The number of aryl methyl sites for hydroxylation is 4. The number of hydrogen-bond donors (Lipinski definition) is 0. The molecule has 0 N–H and O–H groups in total. The summed E-state index contributed by atoms with van der Waals surface area (Å²) in [5.41, 5.74) is 19.7. The van der Waals surface area contributed by atoms with E-state index in [9.17, 15) is 0 Å². The lowest BCUT2D eigenvalue weighted by Crippen LogP contribution is -2.79. The maximum atomic E-state index is 7.02. The summed E-state index contributed by atoms with van der Waals surface area (Å²) >= 11 is 3.74. The average Bonchev–Trinajstić information content (AvgIpc) is 3.40. The highest BCUT2D eigenvalue weighted by atomic mass is 32.2. The van der Waals surface area contributed by atoms with E-state index in [1.54, 1.807) is 0 Å². The van der Waals surface area contributed by atoms with E-state index in [1.807, 2.05) is 23.5 Å². The summed E-state index contributed by atoms with van der Waals surface area (Å²) in [4.78, 5) is 10.2. The van der Waals surface area contributed by atoms with E-state index in [0.717, 1.165) is 34.4 Å². The molecule has 1 spiro atoms. The van der Waals surface area contributed by atoms with Crippen molar-refractivity contribution in [2.24, 2.45) is 0 Å². The molecule has 0 saturated carbocycles. The summed E-state index contributed by atoms with van der Waals surface area (Å²) in [5.74, 6) is 3.71. The molecule has 0 bridgehead atoms. The van der Waals surface area contributed by atoms with Gasteiger partial charge in [-0.1, -0.05) is 178 Å². The molecule has 0 unspecified atom stereocenters. The van der Waals surface area contributed by atoms with E-state index in [4.69, 9.17) is 9.47 Å². The van der Waals surface area contributed by atoms with Gasteiger partial charge < -0.3 is 19.3 Å². The Bertz CT molecular complexity index is 3610. The van der Waals surface area contributed by atoms with Crippen molar-refractivity contribution >= 4 is 133 Å². The van der Waals surface area contributed by atoms with Crippen LogP contribution >= 0.6 is 23.5 Å². The van der Waals surface area contributed by atoms with Crippen LogP contribution in [0.2, 0.25) is 0 Å². The molecule has 0 saturated heterocycles. The molecule has 6 aliphatic heterocycles. The lowest BCUT2D eigenvalue weighted by molar-refractivity contribution is 0.486. The van der Waals surface area contributed by atoms with E-state index in [2.05, 4.69) is 232 Å². The normalized spacial score (nSPS) is 15.0. The smallest absolute Gasteiger partial charge is 0.253 e. The second-order valence-electron chi connectivity index (χ2n) is 20.6. The van der Waals surface area contributed by atoms with Crippen molar-refractivity contribution in [2.75, 3.05) is 9.80 Å². The molecule has 16 rings (SSSR count). The molecule has 0 atom stereocenters. The van der Waals surface area contributed by atoms with Gasteiger partial charge in [0.15, 0.2) is 8.07 Å². The quantitative estimate of drug-likeness (QED) is 0.160. The van der Waals surface area contributed by atoms with Gasteiger partial charge in [-0.05, 0) is 131 Å². The Morgan fingerprint density at radius 3 is 1.07 bits per heavy atom. The van der Waals surface area contributed by atoms with Gasteiger partial charge in [0.05, 0.1) is 11.4 Å². The molecule has 73 heavy (non-hydrogen) atoms. The molecule has 10 aromatic carbocycles. The number of ether oxygens (including phenoxy) is 2. The number of anilines is 6. The zero-order valence-electron chi connectivity index (χ0n) is 40.7.